The van der Waals surface area contributed by atoms with Crippen LogP contribution in [0, 0.1) is 28.6 Å². The predicted molar refractivity (Wildman–Crippen MR) is 124 cm³/mol. The molecule has 3 fully saturated rings. The molecule has 5 heteroatoms. The molecule has 0 aromatic heterocycles. The molecule has 5 nitrogen and oxygen atoms in total. The Kier molecular flexibility index (Phi) is 6.15. The molecule has 0 radical (unpaired) electrons. The molecule has 0 aromatic carbocycles. The van der Waals surface area contributed by atoms with Crippen molar-refractivity contribution in [3.05, 3.63) is 23.8 Å². The van der Waals surface area contributed by atoms with Crippen LogP contribution in [-0.4, -0.2) is 29.8 Å². The van der Waals surface area contributed by atoms with Gasteiger partial charge in [-0.3, -0.25) is 9.59 Å². The van der Waals surface area contributed by atoms with Crippen LogP contribution in [0.25, 0.3) is 0 Å². The smallest absolute Gasteiger partial charge is 0.408 e. The summed E-state index contributed by atoms with van der Waals surface area (Å²) < 4.78 is 6.13. The minimum atomic E-state index is -1.02. The lowest BCUT2D eigenvalue weighted by Crippen LogP contribution is -2.59. The van der Waals surface area contributed by atoms with Gasteiger partial charge in [-0.15, -0.1) is 0 Å². The number of fused-ring (bicyclic) bond motifs is 5. The topological polar surface area (TPSA) is 72.5 Å². The summed E-state index contributed by atoms with van der Waals surface area (Å²) in [6.45, 7) is 9.04. The van der Waals surface area contributed by atoms with Crippen LogP contribution >= 0.6 is 0 Å². The highest BCUT2D eigenvalue weighted by atomic mass is 16.6. The maximum atomic E-state index is 13.4. The third-order valence-corrected chi connectivity index (χ3v) is 9.51. The number of alkyl carbamates (subject to hydrolysis) is 1. The van der Waals surface area contributed by atoms with Gasteiger partial charge in [0.05, 0.1) is 0 Å². The van der Waals surface area contributed by atoms with Crippen LogP contribution in [0.1, 0.15) is 85.5 Å². The number of ether oxygens (including phenoxy) is 1. The lowest BCUT2D eigenvalue weighted by Gasteiger charge is -2.58. The van der Waals surface area contributed by atoms with E-state index in [4.69, 9.17) is 4.74 Å². The molecule has 4 rings (SSSR count). The van der Waals surface area contributed by atoms with Crippen LogP contribution in [0.5, 0.6) is 0 Å². The van der Waals surface area contributed by atoms with Crippen LogP contribution in [0.4, 0.5) is 4.79 Å². The van der Waals surface area contributed by atoms with Gasteiger partial charge in [0.15, 0.2) is 17.2 Å². The van der Waals surface area contributed by atoms with E-state index in [9.17, 15) is 14.4 Å². The van der Waals surface area contributed by atoms with Gasteiger partial charge in [-0.25, -0.2) is 4.79 Å². The van der Waals surface area contributed by atoms with E-state index in [0.29, 0.717) is 37.1 Å². The van der Waals surface area contributed by atoms with Gasteiger partial charge in [0.1, 0.15) is 0 Å². The first kappa shape index (κ1) is 23.3. The zero-order valence-corrected chi connectivity index (χ0v) is 20.2. The summed E-state index contributed by atoms with van der Waals surface area (Å²) in [5.41, 5.74) is -0.162. The van der Waals surface area contributed by atoms with E-state index in [1.54, 1.807) is 6.08 Å². The molecule has 0 aliphatic heterocycles. The number of hydrogen-bond acceptors (Lipinski definition) is 4. The van der Waals surface area contributed by atoms with Gasteiger partial charge < -0.3 is 10.1 Å². The summed E-state index contributed by atoms with van der Waals surface area (Å²) in [5.74, 6) is 1.47. The Hall–Kier alpha value is -1.91. The van der Waals surface area contributed by atoms with E-state index in [1.807, 2.05) is 13.0 Å². The Morgan fingerprint density at radius 3 is 2.59 bits per heavy atom. The molecule has 3 saturated carbocycles. The molecule has 0 aromatic rings. The lowest BCUT2D eigenvalue weighted by atomic mass is 9.47. The number of carbonyl (C=O) groups is 3. The molecular formula is C27H39NO4. The minimum Gasteiger partial charge on any atom is -0.434 e. The van der Waals surface area contributed by atoms with E-state index >= 15 is 0 Å². The van der Waals surface area contributed by atoms with Crippen molar-refractivity contribution >= 4 is 17.7 Å². The largest absolute Gasteiger partial charge is 0.434 e. The predicted octanol–water partition coefficient (Wildman–Crippen LogP) is 5.54. The number of ketones is 2. The molecule has 4 aliphatic rings. The van der Waals surface area contributed by atoms with E-state index in [2.05, 4.69) is 32.2 Å². The Morgan fingerprint density at radius 2 is 1.88 bits per heavy atom. The van der Waals surface area contributed by atoms with Crippen LogP contribution in [0.15, 0.2) is 23.8 Å². The summed E-state index contributed by atoms with van der Waals surface area (Å²) in [6.07, 6.45) is 13.0. The van der Waals surface area contributed by atoms with Crippen LogP contribution in [0.3, 0.4) is 0 Å². The van der Waals surface area contributed by atoms with Crippen LogP contribution in [0.2, 0.25) is 0 Å². The van der Waals surface area contributed by atoms with E-state index in [1.165, 1.54) is 5.57 Å². The number of nitrogens with one attached hydrogen (secondary N) is 1. The highest BCUT2D eigenvalue weighted by Gasteiger charge is 2.68. The number of unbranched alkanes of at least 4 members (excludes halogenated alkanes) is 1. The highest BCUT2D eigenvalue weighted by molar-refractivity contribution is 6.01. The molecule has 0 spiro atoms. The van der Waals surface area contributed by atoms with Crippen LogP contribution < -0.4 is 5.32 Å². The molecule has 32 heavy (non-hydrogen) atoms. The molecule has 176 valence electrons. The number of amides is 1. The minimum absolute atomic E-state index is 0.0670. The second-order valence-electron chi connectivity index (χ2n) is 10.9. The lowest BCUT2D eigenvalue weighted by molar-refractivity contribution is -0.161. The summed E-state index contributed by atoms with van der Waals surface area (Å²) in [7, 11) is 0. The highest BCUT2D eigenvalue weighted by Crippen LogP contribution is 2.68. The second kappa shape index (κ2) is 8.46. The van der Waals surface area contributed by atoms with E-state index < -0.39 is 11.7 Å². The van der Waals surface area contributed by atoms with Gasteiger partial charge in [-0.1, -0.05) is 45.8 Å². The molecule has 1 N–H and O–H groups in total. The van der Waals surface area contributed by atoms with Gasteiger partial charge >= 0.3 is 6.09 Å². The molecular weight excluding hydrogens is 402 g/mol. The SMILES string of the molecule is CCCCNC(=O)O[C@]1(C(=O)CC)CC[C@H]2[C@@H]3CCC4=CC(=O)C=C[C@]4(C)[C@H]3CC[C@@]21C. The summed E-state index contributed by atoms with van der Waals surface area (Å²) in [6, 6.07) is 0. The number of rotatable bonds is 6. The van der Waals surface area contributed by atoms with Gasteiger partial charge in [0.2, 0.25) is 0 Å². The van der Waals surface area contributed by atoms with E-state index in [-0.39, 0.29) is 22.4 Å². The number of carbonyl (C=O) groups excluding carboxylic acids is 3. The van der Waals surface area contributed by atoms with Crippen molar-refractivity contribution in [2.24, 2.45) is 28.6 Å². The Balaban J connectivity index is 1.62. The molecule has 0 heterocycles. The van der Waals surface area contributed by atoms with Crippen molar-refractivity contribution in [2.75, 3.05) is 6.54 Å². The maximum Gasteiger partial charge on any atom is 0.408 e. The van der Waals surface area contributed by atoms with Crippen LogP contribution in [-0.2, 0) is 14.3 Å². The fourth-order valence-electron chi connectivity index (χ4n) is 7.73. The average molecular weight is 442 g/mol. The maximum absolute atomic E-state index is 13.4. The van der Waals surface area contributed by atoms with Crippen molar-refractivity contribution in [1.82, 2.24) is 5.32 Å². The zero-order chi connectivity index (χ0) is 23.1. The van der Waals surface area contributed by atoms with Gasteiger partial charge in [0.25, 0.3) is 0 Å². The molecule has 4 aliphatic carbocycles. The van der Waals surface area contributed by atoms with Gasteiger partial charge in [-0.05, 0) is 74.9 Å². The van der Waals surface area contributed by atoms with Crippen molar-refractivity contribution in [3.63, 3.8) is 0 Å². The second-order valence-corrected chi connectivity index (χ2v) is 10.9. The summed E-state index contributed by atoms with van der Waals surface area (Å²) >= 11 is 0. The standard InChI is InChI=1S/C27H39NO4/c1-5-7-16-28-24(31)32-27(23(30)6-2)15-12-22-20-9-8-18-17-19(29)10-13-25(18,3)21(20)11-14-26(22,27)4/h10,13,17,20-22H,5-9,11-12,14-16H2,1-4H3,(H,28,31)/t20-,21+,22+,25+,26+,27+/m1/s1. The Labute approximate surface area is 192 Å². The normalized spacial score (nSPS) is 40.1. The molecule has 6 atom stereocenters. The van der Waals surface area contributed by atoms with Crippen molar-refractivity contribution in [1.29, 1.82) is 0 Å². The fraction of sp³-hybridized carbons (Fsp3) is 0.741. The molecule has 1 amide bonds. The van der Waals surface area contributed by atoms with E-state index in [0.717, 1.165) is 44.9 Å². The first-order chi connectivity index (χ1) is 15.2. The monoisotopic (exact) mass is 441 g/mol. The molecule has 0 unspecified atom stereocenters. The third kappa shape index (κ3) is 3.38. The van der Waals surface area contributed by atoms with Crippen molar-refractivity contribution in [2.45, 2.75) is 91.1 Å². The van der Waals surface area contributed by atoms with Crippen molar-refractivity contribution < 1.29 is 19.1 Å². The number of hydrogen-bond donors (Lipinski definition) is 1. The average Bonchev–Trinajstić information content (AvgIpc) is 3.07. The third-order valence-electron chi connectivity index (χ3n) is 9.51. The molecule has 0 bridgehead atoms. The van der Waals surface area contributed by atoms with Crippen molar-refractivity contribution in [3.8, 4) is 0 Å². The zero-order valence-electron chi connectivity index (χ0n) is 20.2. The number of Topliss-reactive ketones (excluding diaryl/α,β-unsaturated/α-hetero) is 1. The fourth-order valence-corrected chi connectivity index (χ4v) is 7.73. The first-order valence-electron chi connectivity index (χ1n) is 12.7. The van der Waals surface area contributed by atoms with Gasteiger partial charge in [-0.2, -0.15) is 0 Å². The quantitative estimate of drug-likeness (QED) is 0.550. The summed E-state index contributed by atoms with van der Waals surface area (Å²) in [4.78, 5) is 38.1. The Morgan fingerprint density at radius 1 is 1.12 bits per heavy atom. The molecule has 0 saturated heterocycles. The van der Waals surface area contributed by atoms with Gasteiger partial charge in [0, 0.05) is 23.8 Å². The Bertz CT molecular complexity index is 860. The first-order valence-corrected chi connectivity index (χ1v) is 12.7. The summed E-state index contributed by atoms with van der Waals surface area (Å²) in [5, 5.41) is 2.87. The number of allylic oxidation sites excluding steroid dienone is 4.